The molecule has 0 aromatic carbocycles. The van der Waals surface area contributed by atoms with Gasteiger partial charge in [-0.25, -0.2) is 12.7 Å². The quantitative estimate of drug-likeness (QED) is 0.522. The third kappa shape index (κ3) is 6.34. The van der Waals surface area contributed by atoms with Crippen LogP contribution in [0.25, 0.3) is 0 Å². The molecule has 2 heterocycles. The molecular weight excluding hydrogens is 428 g/mol. The fourth-order valence-corrected chi connectivity index (χ4v) is 6.59. The highest BCUT2D eigenvalue weighted by Crippen LogP contribution is 2.25. The van der Waals surface area contributed by atoms with Crippen LogP contribution in [0.1, 0.15) is 40.0 Å². The van der Waals surface area contributed by atoms with Gasteiger partial charge in [-0.3, -0.25) is 14.4 Å². The Morgan fingerprint density at radius 1 is 1.13 bits per heavy atom. The zero-order valence-corrected chi connectivity index (χ0v) is 19.8. The number of likely N-dealkylation sites (tertiary alicyclic amines) is 1. The molecule has 2 aliphatic rings. The van der Waals surface area contributed by atoms with Crippen molar-refractivity contribution in [2.45, 2.75) is 52.1 Å². The maximum absolute atomic E-state index is 13.1. The van der Waals surface area contributed by atoms with E-state index in [0.717, 1.165) is 17.9 Å². The molecule has 1 N–H and O–H groups in total. The van der Waals surface area contributed by atoms with E-state index in [2.05, 4.69) is 5.32 Å². The highest BCUT2D eigenvalue weighted by Gasteiger charge is 2.38. The molecule has 30 heavy (non-hydrogen) atoms. The Hall–Kier alpha value is -1.33. The molecule has 3 amide bonds. The van der Waals surface area contributed by atoms with Gasteiger partial charge in [-0.1, -0.05) is 13.8 Å². The van der Waals surface area contributed by atoms with Gasteiger partial charge in [0.05, 0.1) is 0 Å². The predicted molar refractivity (Wildman–Crippen MR) is 118 cm³/mol. The lowest BCUT2D eigenvalue weighted by Crippen LogP contribution is -2.54. The summed E-state index contributed by atoms with van der Waals surface area (Å²) in [5, 5.41) is 2.69. The number of rotatable bonds is 9. The Morgan fingerprint density at radius 2 is 1.83 bits per heavy atom. The molecule has 0 saturated carbocycles. The van der Waals surface area contributed by atoms with Gasteiger partial charge in [0.15, 0.2) is 0 Å². The molecule has 2 fully saturated rings. The Kier molecular flexibility index (Phi) is 9.42. The Morgan fingerprint density at radius 3 is 2.47 bits per heavy atom. The zero-order valence-electron chi connectivity index (χ0n) is 18.1. The molecule has 1 unspecified atom stereocenters. The van der Waals surface area contributed by atoms with Crippen LogP contribution < -0.4 is 5.32 Å². The smallest absolute Gasteiger partial charge is 0.245 e. The van der Waals surface area contributed by atoms with E-state index in [0.29, 0.717) is 45.6 Å². The molecule has 9 nitrogen and oxygen atoms in total. The van der Waals surface area contributed by atoms with Gasteiger partial charge in [-0.2, -0.15) is 11.8 Å². The van der Waals surface area contributed by atoms with E-state index < -0.39 is 21.7 Å². The van der Waals surface area contributed by atoms with E-state index in [1.807, 2.05) is 4.90 Å². The average Bonchev–Trinajstić information content (AvgIpc) is 3.18. The first-order valence-electron chi connectivity index (χ1n) is 10.6. The van der Waals surface area contributed by atoms with Crippen molar-refractivity contribution in [1.82, 2.24) is 19.4 Å². The third-order valence-electron chi connectivity index (χ3n) is 5.66. The van der Waals surface area contributed by atoms with Crippen LogP contribution in [0, 0.1) is 0 Å². The zero-order chi connectivity index (χ0) is 22.3. The van der Waals surface area contributed by atoms with Crippen LogP contribution in [-0.2, 0) is 24.4 Å². The second kappa shape index (κ2) is 11.3. The molecule has 0 aromatic rings. The Balaban J connectivity index is 1.89. The second-order valence-electron chi connectivity index (χ2n) is 7.61. The minimum absolute atomic E-state index is 0.0107. The van der Waals surface area contributed by atoms with Gasteiger partial charge >= 0.3 is 0 Å². The molecular formula is C19H34N4O5S2. The lowest BCUT2D eigenvalue weighted by atomic mass is 10.1. The van der Waals surface area contributed by atoms with Crippen LogP contribution in [-0.4, -0.2) is 102 Å². The number of nitrogens with one attached hydrogen (secondary N) is 1. The first-order valence-corrected chi connectivity index (χ1v) is 13.4. The number of carbonyl (C=O) groups excluding carboxylic acids is 3. The molecule has 0 radical (unpaired) electrons. The average molecular weight is 463 g/mol. The molecule has 2 saturated heterocycles. The monoisotopic (exact) mass is 462 g/mol. The van der Waals surface area contributed by atoms with Gasteiger partial charge in [0.25, 0.3) is 0 Å². The lowest BCUT2D eigenvalue weighted by molar-refractivity contribution is -0.144. The molecule has 0 aromatic heterocycles. The molecule has 2 aliphatic heterocycles. The molecule has 2 atom stereocenters. The number of hydrogen-bond acceptors (Lipinski definition) is 6. The first kappa shape index (κ1) is 24.9. The minimum Gasteiger partial charge on any atom is -0.355 e. The number of hydrogen-bond donors (Lipinski definition) is 1. The Labute approximate surface area is 183 Å². The van der Waals surface area contributed by atoms with Crippen LogP contribution in [0.3, 0.4) is 0 Å². The van der Waals surface area contributed by atoms with E-state index in [-0.39, 0.29) is 23.9 Å². The fraction of sp³-hybridized carbons (Fsp3) is 0.842. The highest BCUT2D eigenvalue weighted by atomic mass is 32.2. The van der Waals surface area contributed by atoms with Crippen molar-refractivity contribution in [2.24, 2.45) is 0 Å². The second-order valence-corrected chi connectivity index (χ2v) is 10.7. The SMILES string of the molecule is CCN(CC)S(=O)(=O)CC(=O)NCCC1CSCCN1C(=O)[C@H]1CCCN1C(C)=O. The van der Waals surface area contributed by atoms with Crippen molar-refractivity contribution in [2.75, 3.05) is 50.0 Å². The fourth-order valence-electron chi connectivity index (χ4n) is 4.08. The number of sulfonamides is 1. The van der Waals surface area contributed by atoms with Crippen molar-refractivity contribution in [3.8, 4) is 0 Å². The summed E-state index contributed by atoms with van der Waals surface area (Å²) in [5.41, 5.74) is 0. The molecule has 11 heteroatoms. The largest absolute Gasteiger partial charge is 0.355 e. The number of nitrogens with zero attached hydrogens (tertiary/aromatic N) is 3. The Bertz CT molecular complexity index is 726. The summed E-state index contributed by atoms with van der Waals surface area (Å²) in [4.78, 5) is 40.6. The molecule has 0 aliphatic carbocycles. The topological polar surface area (TPSA) is 107 Å². The minimum atomic E-state index is -3.61. The van der Waals surface area contributed by atoms with Crippen molar-refractivity contribution < 1.29 is 22.8 Å². The van der Waals surface area contributed by atoms with Crippen molar-refractivity contribution in [3.63, 3.8) is 0 Å². The van der Waals surface area contributed by atoms with Gasteiger partial charge in [-0.05, 0) is 19.3 Å². The van der Waals surface area contributed by atoms with Crippen LogP contribution in [0.5, 0.6) is 0 Å². The predicted octanol–water partition coefficient (Wildman–Crippen LogP) is 0.119. The molecule has 0 spiro atoms. The summed E-state index contributed by atoms with van der Waals surface area (Å²) in [6, 6.07) is -0.424. The summed E-state index contributed by atoms with van der Waals surface area (Å²) in [7, 11) is -3.61. The third-order valence-corrected chi connectivity index (χ3v) is 8.69. The van der Waals surface area contributed by atoms with Gasteiger partial charge in [0.2, 0.25) is 27.7 Å². The van der Waals surface area contributed by atoms with Crippen LogP contribution in [0.15, 0.2) is 0 Å². The van der Waals surface area contributed by atoms with E-state index in [1.165, 1.54) is 11.2 Å². The maximum atomic E-state index is 13.1. The van der Waals surface area contributed by atoms with E-state index in [1.54, 1.807) is 30.5 Å². The van der Waals surface area contributed by atoms with Crippen molar-refractivity contribution in [3.05, 3.63) is 0 Å². The molecule has 2 rings (SSSR count). The lowest BCUT2D eigenvalue weighted by Gasteiger charge is -2.38. The van der Waals surface area contributed by atoms with Crippen LogP contribution in [0.2, 0.25) is 0 Å². The van der Waals surface area contributed by atoms with Gasteiger partial charge in [-0.15, -0.1) is 0 Å². The standard InChI is InChI=1S/C19H34N4O5S2/c1-4-21(5-2)30(27,28)14-18(25)20-9-8-16-13-29-12-11-23(16)19(26)17-7-6-10-22(17)15(3)24/h16-17H,4-14H2,1-3H3,(H,20,25)/t16?,17-/m1/s1. The van der Waals surface area contributed by atoms with E-state index >= 15 is 0 Å². The van der Waals surface area contributed by atoms with E-state index in [9.17, 15) is 22.8 Å². The summed E-state index contributed by atoms with van der Waals surface area (Å²) < 4.78 is 25.7. The highest BCUT2D eigenvalue weighted by molar-refractivity contribution is 7.99. The summed E-state index contributed by atoms with van der Waals surface area (Å²) in [5.74, 6) is 0.447. The van der Waals surface area contributed by atoms with E-state index in [4.69, 9.17) is 0 Å². The maximum Gasteiger partial charge on any atom is 0.245 e. The normalized spacial score (nSPS) is 22.4. The number of carbonyl (C=O) groups is 3. The first-order chi connectivity index (χ1) is 14.2. The van der Waals surface area contributed by atoms with Gasteiger partial charge in [0.1, 0.15) is 11.8 Å². The summed E-state index contributed by atoms with van der Waals surface area (Å²) in [6.07, 6.45) is 2.08. The number of amides is 3. The van der Waals surface area contributed by atoms with Gasteiger partial charge < -0.3 is 15.1 Å². The molecule has 172 valence electrons. The van der Waals surface area contributed by atoms with Crippen LogP contribution in [0.4, 0.5) is 0 Å². The summed E-state index contributed by atoms with van der Waals surface area (Å²) >= 11 is 1.76. The molecule has 0 bridgehead atoms. The number of thioether (sulfide) groups is 1. The van der Waals surface area contributed by atoms with Crippen molar-refractivity contribution >= 4 is 39.5 Å². The van der Waals surface area contributed by atoms with Gasteiger partial charge in [0, 0.05) is 57.2 Å². The van der Waals surface area contributed by atoms with Crippen molar-refractivity contribution in [1.29, 1.82) is 0 Å². The van der Waals surface area contributed by atoms with Crippen LogP contribution >= 0.6 is 11.8 Å². The summed E-state index contributed by atoms with van der Waals surface area (Å²) in [6.45, 7) is 7.20.